The molecular weight excluding hydrogens is 458 g/mol. The van der Waals surface area contributed by atoms with Crippen molar-refractivity contribution >= 4 is 23.8 Å². The molecule has 0 aromatic carbocycles. The fourth-order valence-electron chi connectivity index (χ4n) is 4.56. The lowest BCUT2D eigenvalue weighted by atomic mass is 10.1. The van der Waals surface area contributed by atoms with Crippen molar-refractivity contribution in [3.63, 3.8) is 0 Å². The zero-order chi connectivity index (χ0) is 24.9. The normalized spacial score (nSPS) is 15.8. The second-order valence-corrected chi connectivity index (χ2v) is 8.73. The van der Waals surface area contributed by atoms with Gasteiger partial charge in [0, 0.05) is 56.0 Å². The number of anilines is 2. The molecule has 2 aliphatic heterocycles. The Bertz CT molecular complexity index is 1320. The van der Waals surface area contributed by atoms with Gasteiger partial charge >= 0.3 is 0 Å². The van der Waals surface area contributed by atoms with Crippen molar-refractivity contribution in [2.75, 3.05) is 37.7 Å². The first-order valence-electron chi connectivity index (χ1n) is 12.2. The number of carbonyl (C=O) groups is 2. The summed E-state index contributed by atoms with van der Waals surface area (Å²) in [4.78, 5) is 42.4. The highest BCUT2D eigenvalue weighted by molar-refractivity contribution is 5.95. The number of fused-ring (bicyclic) bond motifs is 1. The van der Waals surface area contributed by atoms with Crippen molar-refractivity contribution in [2.45, 2.75) is 25.7 Å². The fourth-order valence-corrected chi connectivity index (χ4v) is 4.56. The van der Waals surface area contributed by atoms with Gasteiger partial charge in [0.2, 0.25) is 6.41 Å². The number of imidazole rings is 1. The lowest BCUT2D eigenvalue weighted by Gasteiger charge is -2.31. The first kappa shape index (κ1) is 23.5. The van der Waals surface area contributed by atoms with Gasteiger partial charge in [-0.1, -0.05) is 6.08 Å². The van der Waals surface area contributed by atoms with E-state index in [0.717, 1.165) is 44.4 Å². The van der Waals surface area contributed by atoms with Crippen LogP contribution in [0.1, 0.15) is 36.0 Å². The van der Waals surface area contributed by atoms with Crippen LogP contribution in [0.5, 0.6) is 5.75 Å². The average Bonchev–Trinajstić information content (AvgIpc) is 3.47. The number of aromatic nitrogens is 4. The van der Waals surface area contributed by atoms with Gasteiger partial charge in [-0.3, -0.25) is 23.7 Å². The van der Waals surface area contributed by atoms with E-state index in [9.17, 15) is 9.59 Å². The number of piperidine rings is 1. The number of hydrogen-bond donors (Lipinski definition) is 0. The Labute approximate surface area is 209 Å². The van der Waals surface area contributed by atoms with Gasteiger partial charge < -0.3 is 14.5 Å². The summed E-state index contributed by atoms with van der Waals surface area (Å²) in [5.41, 5.74) is 1.85. The molecule has 0 spiro atoms. The molecule has 1 amide bonds. The molecule has 3 aromatic rings. The van der Waals surface area contributed by atoms with Gasteiger partial charge in [0.05, 0.1) is 12.1 Å². The molecule has 0 radical (unpaired) electrons. The summed E-state index contributed by atoms with van der Waals surface area (Å²) in [7, 11) is 0. The summed E-state index contributed by atoms with van der Waals surface area (Å²) in [6.45, 7) is 6.80. The second-order valence-electron chi connectivity index (χ2n) is 8.73. The molecule has 186 valence electrons. The van der Waals surface area contributed by atoms with Crippen molar-refractivity contribution in [1.29, 1.82) is 0 Å². The molecule has 10 heteroatoms. The minimum absolute atomic E-state index is 0.0110. The lowest BCUT2D eigenvalue weighted by molar-refractivity contribution is 0.0723. The van der Waals surface area contributed by atoms with Crippen molar-refractivity contribution in [2.24, 2.45) is 4.99 Å². The van der Waals surface area contributed by atoms with Crippen LogP contribution in [-0.4, -0.2) is 69.1 Å². The first-order valence-corrected chi connectivity index (χ1v) is 12.2. The smallest absolute Gasteiger partial charge is 0.255 e. The van der Waals surface area contributed by atoms with E-state index in [1.165, 1.54) is 4.57 Å². The highest BCUT2D eigenvalue weighted by atomic mass is 16.5. The predicted octanol–water partition coefficient (Wildman–Crippen LogP) is 2.74. The SMILES string of the molecule is C=CCCN=c1cc(N2CCOc3cc(C(=O)N4CCCCC4)cnc32)cc(-n2ccnc2)n1C=O. The summed E-state index contributed by atoms with van der Waals surface area (Å²) in [5.74, 6) is 1.77. The molecular formula is C26H29N7O3. The van der Waals surface area contributed by atoms with E-state index in [0.29, 0.717) is 54.6 Å². The molecule has 5 rings (SSSR count). The molecule has 2 aliphatic rings. The van der Waals surface area contributed by atoms with Gasteiger partial charge in [0.25, 0.3) is 5.91 Å². The van der Waals surface area contributed by atoms with E-state index in [-0.39, 0.29) is 5.91 Å². The van der Waals surface area contributed by atoms with Crippen molar-refractivity contribution in [3.8, 4) is 11.6 Å². The van der Waals surface area contributed by atoms with Crippen molar-refractivity contribution < 1.29 is 14.3 Å². The molecule has 1 fully saturated rings. The Morgan fingerprint density at radius 1 is 1.17 bits per heavy atom. The number of nitrogens with zero attached hydrogens (tertiary/aromatic N) is 7. The minimum atomic E-state index is -0.0110. The van der Waals surface area contributed by atoms with Gasteiger partial charge in [0.1, 0.15) is 24.2 Å². The molecule has 0 unspecified atom stereocenters. The molecule has 5 heterocycles. The highest BCUT2D eigenvalue weighted by Crippen LogP contribution is 2.35. The average molecular weight is 488 g/mol. The lowest BCUT2D eigenvalue weighted by Crippen LogP contribution is -2.36. The van der Waals surface area contributed by atoms with Crippen LogP contribution in [0, 0.1) is 0 Å². The second kappa shape index (κ2) is 10.6. The molecule has 1 saturated heterocycles. The Balaban J connectivity index is 1.55. The van der Waals surface area contributed by atoms with Crippen LogP contribution < -0.4 is 15.1 Å². The van der Waals surface area contributed by atoms with Gasteiger partial charge in [-0.25, -0.2) is 9.97 Å². The summed E-state index contributed by atoms with van der Waals surface area (Å²) in [5, 5.41) is 0. The van der Waals surface area contributed by atoms with E-state index >= 15 is 0 Å². The number of likely N-dealkylation sites (tertiary alicyclic amines) is 1. The third-order valence-electron chi connectivity index (χ3n) is 6.39. The minimum Gasteiger partial charge on any atom is -0.488 e. The van der Waals surface area contributed by atoms with E-state index in [1.807, 2.05) is 21.9 Å². The molecule has 36 heavy (non-hydrogen) atoms. The largest absolute Gasteiger partial charge is 0.488 e. The highest BCUT2D eigenvalue weighted by Gasteiger charge is 2.26. The number of rotatable bonds is 7. The molecule has 10 nitrogen and oxygen atoms in total. The van der Waals surface area contributed by atoms with Crippen LogP contribution in [0.2, 0.25) is 0 Å². The number of carbonyl (C=O) groups excluding carboxylic acids is 2. The van der Waals surface area contributed by atoms with Crippen LogP contribution in [-0.2, 0) is 4.79 Å². The monoisotopic (exact) mass is 487 g/mol. The van der Waals surface area contributed by atoms with Crippen LogP contribution in [0.3, 0.4) is 0 Å². The maximum atomic E-state index is 13.0. The Morgan fingerprint density at radius 2 is 2.03 bits per heavy atom. The summed E-state index contributed by atoms with van der Waals surface area (Å²) < 4.78 is 9.18. The third-order valence-corrected chi connectivity index (χ3v) is 6.39. The van der Waals surface area contributed by atoms with E-state index < -0.39 is 0 Å². The molecule has 0 N–H and O–H groups in total. The standard InChI is InChI=1S/C26H29N7O3/c1-2-3-7-28-23-15-21(16-24(33(23)19-34)31-11-8-27-18-31)32-12-13-36-22-14-20(17-29-25(22)32)26(35)30-9-5-4-6-10-30/h2,8,11,14-19H,1,3-7,9-10,12-13H2. The maximum absolute atomic E-state index is 13.0. The van der Waals surface area contributed by atoms with Gasteiger partial charge in [0.15, 0.2) is 11.6 Å². The number of amides is 1. The number of hydrogen-bond acceptors (Lipinski definition) is 7. The third kappa shape index (κ3) is 4.66. The van der Waals surface area contributed by atoms with Crippen LogP contribution in [0.15, 0.2) is 60.8 Å². The van der Waals surface area contributed by atoms with E-state index in [2.05, 4.69) is 21.5 Å². The zero-order valence-corrected chi connectivity index (χ0v) is 20.1. The molecule has 0 aliphatic carbocycles. The van der Waals surface area contributed by atoms with Crippen molar-refractivity contribution in [1.82, 2.24) is 24.0 Å². The summed E-state index contributed by atoms with van der Waals surface area (Å²) in [6, 6.07) is 5.54. The Kier molecular flexibility index (Phi) is 6.92. The van der Waals surface area contributed by atoms with Crippen LogP contribution in [0.4, 0.5) is 11.5 Å². The van der Waals surface area contributed by atoms with E-state index in [1.54, 1.807) is 41.6 Å². The number of ether oxygens (including phenoxy) is 1. The van der Waals surface area contributed by atoms with Gasteiger partial charge in [-0.15, -0.1) is 6.58 Å². The molecule has 0 saturated carbocycles. The van der Waals surface area contributed by atoms with Gasteiger partial charge in [-0.2, -0.15) is 0 Å². The first-order chi connectivity index (χ1) is 17.7. The predicted molar refractivity (Wildman–Crippen MR) is 135 cm³/mol. The molecule has 0 bridgehead atoms. The van der Waals surface area contributed by atoms with Crippen LogP contribution >= 0.6 is 0 Å². The van der Waals surface area contributed by atoms with E-state index in [4.69, 9.17) is 4.74 Å². The zero-order valence-electron chi connectivity index (χ0n) is 20.1. The Hall–Kier alpha value is -4.21. The fraction of sp³-hybridized carbons (Fsp3) is 0.346. The summed E-state index contributed by atoms with van der Waals surface area (Å²) >= 11 is 0. The van der Waals surface area contributed by atoms with Gasteiger partial charge in [-0.05, 0) is 31.7 Å². The molecule has 0 atom stereocenters. The quantitative estimate of drug-likeness (QED) is 0.289. The molecule has 3 aromatic heterocycles. The topological polar surface area (TPSA) is 97.8 Å². The van der Waals surface area contributed by atoms with Crippen molar-refractivity contribution in [3.05, 3.63) is 66.8 Å². The summed E-state index contributed by atoms with van der Waals surface area (Å²) in [6.07, 6.45) is 13.1. The maximum Gasteiger partial charge on any atom is 0.255 e. The Morgan fingerprint density at radius 3 is 2.78 bits per heavy atom. The van der Waals surface area contributed by atoms with Crippen LogP contribution in [0.25, 0.3) is 5.82 Å². The number of pyridine rings is 2.